The molecule has 0 saturated carbocycles. The molecule has 2 rings (SSSR count). The van der Waals surface area contributed by atoms with E-state index in [4.69, 9.17) is 5.73 Å². The Kier molecular flexibility index (Phi) is 2.00. The molecule has 1 unspecified atom stereocenters. The topological polar surface area (TPSA) is 38.0 Å². The average molecular weight is 176 g/mol. The van der Waals surface area contributed by atoms with Gasteiger partial charge in [-0.15, -0.1) is 0 Å². The van der Waals surface area contributed by atoms with E-state index in [-0.39, 0.29) is 0 Å². The van der Waals surface area contributed by atoms with Crippen LogP contribution in [0.4, 0.5) is 5.69 Å². The Balaban J connectivity index is 2.43. The summed E-state index contributed by atoms with van der Waals surface area (Å²) in [6, 6.07) is 4.80. The number of hydrogen-bond donors (Lipinski definition) is 2. The fourth-order valence-electron chi connectivity index (χ4n) is 1.98. The normalized spacial score (nSPS) is 19.8. The number of aryl methyl sites for hydroxylation is 2. The molecule has 2 nitrogen and oxygen atoms in total. The van der Waals surface area contributed by atoms with E-state index in [9.17, 15) is 0 Å². The summed E-state index contributed by atoms with van der Waals surface area (Å²) in [5.41, 5.74) is 11.1. The van der Waals surface area contributed by atoms with E-state index in [0.717, 1.165) is 6.42 Å². The lowest BCUT2D eigenvalue weighted by Gasteiger charge is -2.08. The Bertz CT molecular complexity index is 300. The molecule has 70 valence electrons. The van der Waals surface area contributed by atoms with E-state index in [1.165, 1.54) is 22.4 Å². The fraction of sp³-hybridized carbons (Fsp3) is 0.455. The van der Waals surface area contributed by atoms with Crippen LogP contribution < -0.4 is 11.1 Å². The van der Waals surface area contributed by atoms with Crippen molar-refractivity contribution < 1.29 is 0 Å². The third-order valence-electron chi connectivity index (χ3n) is 2.84. The summed E-state index contributed by atoms with van der Waals surface area (Å²) in [6.45, 7) is 5.02. The summed E-state index contributed by atoms with van der Waals surface area (Å²) in [5, 5.41) is 3.47. The first kappa shape index (κ1) is 8.57. The van der Waals surface area contributed by atoms with Gasteiger partial charge in [0.15, 0.2) is 0 Å². The van der Waals surface area contributed by atoms with Gasteiger partial charge in [-0.05, 0) is 37.0 Å². The van der Waals surface area contributed by atoms with Crippen LogP contribution in [0.2, 0.25) is 0 Å². The number of nitrogens with two attached hydrogens (primary N) is 1. The monoisotopic (exact) mass is 176 g/mol. The minimum atomic E-state index is 0.440. The van der Waals surface area contributed by atoms with Crippen LogP contribution in [-0.4, -0.2) is 12.6 Å². The maximum atomic E-state index is 5.65. The van der Waals surface area contributed by atoms with Gasteiger partial charge >= 0.3 is 0 Å². The van der Waals surface area contributed by atoms with Gasteiger partial charge in [-0.25, -0.2) is 0 Å². The van der Waals surface area contributed by atoms with Crippen molar-refractivity contribution in [3.63, 3.8) is 0 Å². The van der Waals surface area contributed by atoms with Crippen molar-refractivity contribution in [3.8, 4) is 0 Å². The molecule has 0 fully saturated rings. The molecule has 0 saturated heterocycles. The summed E-state index contributed by atoms with van der Waals surface area (Å²) in [7, 11) is 0. The van der Waals surface area contributed by atoms with Crippen molar-refractivity contribution in [1.29, 1.82) is 0 Å². The Morgan fingerprint density at radius 3 is 2.69 bits per heavy atom. The van der Waals surface area contributed by atoms with Gasteiger partial charge in [-0.1, -0.05) is 12.1 Å². The molecule has 0 aromatic heterocycles. The minimum Gasteiger partial charge on any atom is -0.380 e. The minimum absolute atomic E-state index is 0.440. The third kappa shape index (κ3) is 1.31. The first-order valence-electron chi connectivity index (χ1n) is 4.78. The standard InChI is InChI=1S/C11H16N2/c1-7-3-4-8(2)11-10(7)5-9(6-12)13-11/h3-4,9,13H,5-6,12H2,1-2H3. The van der Waals surface area contributed by atoms with Crippen LogP contribution in [0, 0.1) is 13.8 Å². The molecule has 1 heterocycles. The maximum absolute atomic E-state index is 5.65. The van der Waals surface area contributed by atoms with Crippen LogP contribution in [0.1, 0.15) is 16.7 Å². The summed E-state index contributed by atoms with van der Waals surface area (Å²) in [4.78, 5) is 0. The van der Waals surface area contributed by atoms with Crippen LogP contribution in [0.5, 0.6) is 0 Å². The van der Waals surface area contributed by atoms with Gasteiger partial charge in [0.2, 0.25) is 0 Å². The predicted molar refractivity (Wildman–Crippen MR) is 56.1 cm³/mol. The molecule has 0 amide bonds. The van der Waals surface area contributed by atoms with Crippen molar-refractivity contribution in [2.24, 2.45) is 5.73 Å². The summed E-state index contributed by atoms with van der Waals surface area (Å²) in [6.07, 6.45) is 1.08. The molecule has 0 spiro atoms. The zero-order valence-electron chi connectivity index (χ0n) is 8.22. The van der Waals surface area contributed by atoms with E-state index in [1.807, 2.05) is 0 Å². The zero-order chi connectivity index (χ0) is 9.42. The van der Waals surface area contributed by atoms with Gasteiger partial charge in [0.25, 0.3) is 0 Å². The second-order valence-corrected chi connectivity index (χ2v) is 3.83. The molecule has 1 aromatic carbocycles. The average Bonchev–Trinajstić information content (AvgIpc) is 2.56. The van der Waals surface area contributed by atoms with Gasteiger partial charge in [-0.3, -0.25) is 0 Å². The second kappa shape index (κ2) is 3.04. The van der Waals surface area contributed by atoms with Crippen LogP contribution in [-0.2, 0) is 6.42 Å². The summed E-state index contributed by atoms with van der Waals surface area (Å²) < 4.78 is 0. The number of rotatable bonds is 1. The number of nitrogens with one attached hydrogen (secondary N) is 1. The maximum Gasteiger partial charge on any atom is 0.0425 e. The number of fused-ring (bicyclic) bond motifs is 1. The first-order valence-corrected chi connectivity index (χ1v) is 4.78. The third-order valence-corrected chi connectivity index (χ3v) is 2.84. The van der Waals surface area contributed by atoms with Crippen molar-refractivity contribution in [2.75, 3.05) is 11.9 Å². The van der Waals surface area contributed by atoms with Gasteiger partial charge in [-0.2, -0.15) is 0 Å². The lowest BCUT2D eigenvalue weighted by Crippen LogP contribution is -2.26. The highest BCUT2D eigenvalue weighted by atomic mass is 15.0. The molecule has 1 aliphatic rings. The Morgan fingerprint density at radius 1 is 1.38 bits per heavy atom. The number of benzene rings is 1. The molecule has 0 aliphatic carbocycles. The largest absolute Gasteiger partial charge is 0.380 e. The Labute approximate surface area is 79.1 Å². The molecule has 3 N–H and O–H groups in total. The molecule has 0 bridgehead atoms. The number of hydrogen-bond acceptors (Lipinski definition) is 2. The SMILES string of the molecule is Cc1ccc(C)c2c1CC(CN)N2. The van der Waals surface area contributed by atoms with Crippen LogP contribution in [0.3, 0.4) is 0 Å². The van der Waals surface area contributed by atoms with Crippen molar-refractivity contribution >= 4 is 5.69 Å². The van der Waals surface area contributed by atoms with Crippen molar-refractivity contribution in [3.05, 3.63) is 28.8 Å². The van der Waals surface area contributed by atoms with Gasteiger partial charge in [0.1, 0.15) is 0 Å². The Morgan fingerprint density at radius 2 is 2.08 bits per heavy atom. The van der Waals surface area contributed by atoms with Gasteiger partial charge in [0, 0.05) is 18.3 Å². The second-order valence-electron chi connectivity index (χ2n) is 3.83. The first-order chi connectivity index (χ1) is 6.22. The number of anilines is 1. The van der Waals surface area contributed by atoms with E-state index < -0.39 is 0 Å². The predicted octanol–water partition coefficient (Wildman–Crippen LogP) is 1.60. The van der Waals surface area contributed by atoms with Gasteiger partial charge in [0.05, 0.1) is 0 Å². The Hall–Kier alpha value is -1.02. The van der Waals surface area contributed by atoms with Crippen molar-refractivity contribution in [1.82, 2.24) is 0 Å². The molecule has 13 heavy (non-hydrogen) atoms. The summed E-state index contributed by atoms with van der Waals surface area (Å²) in [5.74, 6) is 0. The molecule has 1 aliphatic heterocycles. The highest BCUT2D eigenvalue weighted by molar-refractivity contribution is 5.64. The van der Waals surface area contributed by atoms with Crippen LogP contribution in [0.25, 0.3) is 0 Å². The van der Waals surface area contributed by atoms with E-state index in [2.05, 4.69) is 31.3 Å². The molecule has 2 heteroatoms. The highest BCUT2D eigenvalue weighted by Crippen LogP contribution is 2.31. The smallest absolute Gasteiger partial charge is 0.0425 e. The van der Waals surface area contributed by atoms with Crippen molar-refractivity contribution in [2.45, 2.75) is 26.3 Å². The van der Waals surface area contributed by atoms with Crippen LogP contribution >= 0.6 is 0 Å². The van der Waals surface area contributed by atoms with E-state index in [1.54, 1.807) is 0 Å². The van der Waals surface area contributed by atoms with E-state index in [0.29, 0.717) is 12.6 Å². The molecule has 1 atom stereocenters. The molecular formula is C11H16N2. The molecule has 1 aromatic rings. The van der Waals surface area contributed by atoms with Gasteiger partial charge < -0.3 is 11.1 Å². The lowest BCUT2D eigenvalue weighted by molar-refractivity contribution is 0.758. The fourth-order valence-corrected chi connectivity index (χ4v) is 1.98. The summed E-state index contributed by atoms with van der Waals surface area (Å²) >= 11 is 0. The highest BCUT2D eigenvalue weighted by Gasteiger charge is 2.21. The van der Waals surface area contributed by atoms with Crippen LogP contribution in [0.15, 0.2) is 12.1 Å². The van der Waals surface area contributed by atoms with E-state index >= 15 is 0 Å². The zero-order valence-corrected chi connectivity index (χ0v) is 8.22. The quantitative estimate of drug-likeness (QED) is 0.682. The lowest BCUT2D eigenvalue weighted by atomic mass is 10.0. The molecule has 0 radical (unpaired) electrons. The molecular weight excluding hydrogens is 160 g/mol.